The summed E-state index contributed by atoms with van der Waals surface area (Å²) < 4.78 is 10.9. The molecule has 2 amide bonds. The average Bonchev–Trinajstić information content (AvgIpc) is 2.58. The zero-order valence-electron chi connectivity index (χ0n) is 14.4. The van der Waals surface area contributed by atoms with E-state index in [-0.39, 0.29) is 25.3 Å². The monoisotopic (exact) mass is 350 g/mol. The minimum absolute atomic E-state index is 0.0215. The largest absolute Gasteiger partial charge is 0.481 e. The SMILES string of the molecule is CC(C)(C)OC(=O)NC1CC(=O)N(CCC(=O)O)c2ccccc2O1. The average molecular weight is 350 g/mol. The molecule has 0 aromatic heterocycles. The highest BCUT2D eigenvalue weighted by atomic mass is 16.6. The Bertz CT molecular complexity index is 667. The van der Waals surface area contributed by atoms with Crippen molar-refractivity contribution in [2.45, 2.75) is 45.4 Å². The highest BCUT2D eigenvalue weighted by molar-refractivity contribution is 5.96. The Hall–Kier alpha value is -2.77. The van der Waals surface area contributed by atoms with E-state index in [4.69, 9.17) is 14.6 Å². The van der Waals surface area contributed by atoms with E-state index < -0.39 is 23.9 Å². The molecule has 1 aliphatic rings. The minimum atomic E-state index is -1.00. The summed E-state index contributed by atoms with van der Waals surface area (Å²) in [5.74, 6) is -0.953. The van der Waals surface area contributed by atoms with Crippen LogP contribution in [0.15, 0.2) is 24.3 Å². The van der Waals surface area contributed by atoms with Crippen LogP contribution in [0.1, 0.15) is 33.6 Å². The van der Waals surface area contributed by atoms with Crippen LogP contribution >= 0.6 is 0 Å². The van der Waals surface area contributed by atoms with E-state index in [0.29, 0.717) is 11.4 Å². The third kappa shape index (κ3) is 5.37. The van der Waals surface area contributed by atoms with Crippen molar-refractivity contribution in [3.05, 3.63) is 24.3 Å². The number of amides is 2. The number of anilines is 1. The van der Waals surface area contributed by atoms with Gasteiger partial charge in [0.15, 0.2) is 6.23 Å². The van der Waals surface area contributed by atoms with Crippen LogP contribution in [0.4, 0.5) is 10.5 Å². The van der Waals surface area contributed by atoms with Crippen LogP contribution in [0, 0.1) is 0 Å². The fraction of sp³-hybridized carbons (Fsp3) is 0.471. The van der Waals surface area contributed by atoms with E-state index >= 15 is 0 Å². The molecule has 8 heteroatoms. The molecule has 0 saturated carbocycles. The fourth-order valence-corrected chi connectivity index (χ4v) is 2.35. The Morgan fingerprint density at radius 2 is 2.04 bits per heavy atom. The number of benzene rings is 1. The second kappa shape index (κ2) is 7.42. The number of nitrogens with one attached hydrogen (secondary N) is 1. The highest BCUT2D eigenvalue weighted by Crippen LogP contribution is 2.32. The van der Waals surface area contributed by atoms with Gasteiger partial charge >= 0.3 is 12.1 Å². The van der Waals surface area contributed by atoms with Crippen molar-refractivity contribution in [2.75, 3.05) is 11.4 Å². The molecule has 0 aliphatic carbocycles. The van der Waals surface area contributed by atoms with Crippen LogP contribution in [0.25, 0.3) is 0 Å². The van der Waals surface area contributed by atoms with Crippen molar-refractivity contribution in [3.8, 4) is 5.75 Å². The van der Waals surface area contributed by atoms with Crippen LogP contribution in [0.3, 0.4) is 0 Å². The van der Waals surface area contributed by atoms with E-state index in [9.17, 15) is 14.4 Å². The second-order valence-corrected chi connectivity index (χ2v) is 6.61. The van der Waals surface area contributed by atoms with Crippen molar-refractivity contribution in [2.24, 2.45) is 0 Å². The normalized spacial score (nSPS) is 17.2. The molecule has 2 rings (SSSR count). The highest BCUT2D eigenvalue weighted by Gasteiger charge is 2.30. The molecular weight excluding hydrogens is 328 g/mol. The molecule has 8 nitrogen and oxygen atoms in total. The van der Waals surface area contributed by atoms with Gasteiger partial charge in [0.25, 0.3) is 0 Å². The Kier molecular flexibility index (Phi) is 5.51. The van der Waals surface area contributed by atoms with Gasteiger partial charge in [0.05, 0.1) is 18.5 Å². The smallest absolute Gasteiger partial charge is 0.410 e. The molecule has 0 bridgehead atoms. The standard InChI is InChI=1S/C17H22N2O6/c1-17(2,3)25-16(23)18-13-10-14(20)19(9-8-15(21)22)11-6-4-5-7-12(11)24-13/h4-7,13H,8-10H2,1-3H3,(H,18,23)(H,21,22). The third-order valence-electron chi connectivity index (χ3n) is 3.31. The van der Waals surface area contributed by atoms with E-state index in [1.165, 1.54) is 4.90 Å². The van der Waals surface area contributed by atoms with Gasteiger partial charge in [-0.15, -0.1) is 0 Å². The van der Waals surface area contributed by atoms with Crippen molar-refractivity contribution in [1.82, 2.24) is 5.32 Å². The summed E-state index contributed by atoms with van der Waals surface area (Å²) in [5, 5.41) is 11.4. The number of rotatable bonds is 4. The Labute approximate surface area is 145 Å². The van der Waals surface area contributed by atoms with Crippen LogP contribution in [-0.4, -0.2) is 41.4 Å². The molecule has 1 aromatic carbocycles. The number of fused-ring (bicyclic) bond motifs is 1. The lowest BCUT2D eigenvalue weighted by Gasteiger charge is -2.23. The second-order valence-electron chi connectivity index (χ2n) is 6.61. The summed E-state index contributed by atoms with van der Waals surface area (Å²) in [6, 6.07) is 6.79. The zero-order chi connectivity index (χ0) is 18.6. The van der Waals surface area contributed by atoms with Crippen molar-refractivity contribution in [3.63, 3.8) is 0 Å². The molecule has 0 fully saturated rings. The van der Waals surface area contributed by atoms with Crippen LogP contribution in [0.2, 0.25) is 0 Å². The van der Waals surface area contributed by atoms with Crippen molar-refractivity contribution in [1.29, 1.82) is 0 Å². The maximum absolute atomic E-state index is 12.5. The van der Waals surface area contributed by atoms with Gasteiger partial charge in [0.2, 0.25) is 5.91 Å². The molecular formula is C17H22N2O6. The number of carboxylic acid groups (broad SMARTS) is 1. The number of alkyl carbamates (subject to hydrolysis) is 1. The molecule has 1 heterocycles. The molecule has 1 aromatic rings. The van der Waals surface area contributed by atoms with Crippen LogP contribution in [-0.2, 0) is 14.3 Å². The molecule has 0 radical (unpaired) electrons. The van der Waals surface area contributed by atoms with E-state index in [0.717, 1.165) is 0 Å². The van der Waals surface area contributed by atoms with E-state index in [1.54, 1.807) is 45.0 Å². The lowest BCUT2D eigenvalue weighted by molar-refractivity contribution is -0.136. The van der Waals surface area contributed by atoms with Gasteiger partial charge in [-0.05, 0) is 32.9 Å². The fourth-order valence-electron chi connectivity index (χ4n) is 2.35. The molecule has 1 unspecified atom stereocenters. The number of carbonyl (C=O) groups excluding carboxylic acids is 2. The first-order valence-corrected chi connectivity index (χ1v) is 7.93. The Morgan fingerprint density at radius 1 is 1.36 bits per heavy atom. The van der Waals surface area contributed by atoms with Crippen LogP contribution < -0.4 is 15.0 Å². The number of carbonyl (C=O) groups is 3. The summed E-state index contributed by atoms with van der Waals surface area (Å²) in [7, 11) is 0. The predicted octanol–water partition coefficient (Wildman–Crippen LogP) is 2.13. The van der Waals surface area contributed by atoms with Gasteiger partial charge in [-0.3, -0.25) is 14.9 Å². The topological polar surface area (TPSA) is 105 Å². The number of ether oxygens (including phenoxy) is 2. The first-order valence-electron chi connectivity index (χ1n) is 7.93. The van der Waals surface area contributed by atoms with Gasteiger partial charge in [-0.1, -0.05) is 12.1 Å². The van der Waals surface area contributed by atoms with Gasteiger partial charge in [0, 0.05) is 6.54 Å². The first-order chi connectivity index (χ1) is 11.7. The van der Waals surface area contributed by atoms with E-state index in [2.05, 4.69) is 5.32 Å². The summed E-state index contributed by atoms with van der Waals surface area (Å²) in [6.45, 7) is 5.21. The maximum Gasteiger partial charge on any atom is 0.410 e. The molecule has 0 saturated heterocycles. The van der Waals surface area contributed by atoms with Gasteiger partial charge in [-0.25, -0.2) is 4.79 Å². The molecule has 136 valence electrons. The molecule has 0 spiro atoms. The zero-order valence-corrected chi connectivity index (χ0v) is 14.4. The Balaban J connectivity index is 2.18. The number of nitrogens with zero attached hydrogens (tertiary/aromatic N) is 1. The number of para-hydroxylation sites is 2. The van der Waals surface area contributed by atoms with E-state index in [1.807, 2.05) is 0 Å². The van der Waals surface area contributed by atoms with Crippen molar-refractivity contribution < 1.29 is 29.0 Å². The predicted molar refractivity (Wildman–Crippen MR) is 89.5 cm³/mol. The molecule has 2 N–H and O–H groups in total. The number of hydrogen-bond acceptors (Lipinski definition) is 5. The number of hydrogen-bond donors (Lipinski definition) is 2. The first kappa shape index (κ1) is 18.6. The lowest BCUT2D eigenvalue weighted by Crippen LogP contribution is -2.44. The van der Waals surface area contributed by atoms with Gasteiger partial charge in [0.1, 0.15) is 11.4 Å². The van der Waals surface area contributed by atoms with Crippen molar-refractivity contribution >= 4 is 23.7 Å². The van der Waals surface area contributed by atoms with Crippen LogP contribution in [0.5, 0.6) is 5.75 Å². The summed E-state index contributed by atoms with van der Waals surface area (Å²) >= 11 is 0. The lowest BCUT2D eigenvalue weighted by atomic mass is 10.2. The summed E-state index contributed by atoms with van der Waals surface area (Å²) in [5.41, 5.74) is -0.202. The summed E-state index contributed by atoms with van der Waals surface area (Å²) in [6.07, 6.45) is -1.92. The molecule has 25 heavy (non-hydrogen) atoms. The van der Waals surface area contributed by atoms with Gasteiger partial charge < -0.3 is 19.5 Å². The number of carboxylic acids is 1. The quantitative estimate of drug-likeness (QED) is 0.862. The Morgan fingerprint density at radius 3 is 2.68 bits per heavy atom. The molecule has 1 aliphatic heterocycles. The summed E-state index contributed by atoms with van der Waals surface area (Å²) in [4.78, 5) is 36.7. The minimum Gasteiger partial charge on any atom is -0.481 e. The molecule has 1 atom stereocenters. The number of aliphatic carboxylic acids is 1. The third-order valence-corrected chi connectivity index (χ3v) is 3.31. The van der Waals surface area contributed by atoms with Gasteiger partial charge in [-0.2, -0.15) is 0 Å². The maximum atomic E-state index is 12.5.